The molecule has 0 aliphatic carbocycles. The Hall–Kier alpha value is -1.56. The van der Waals surface area contributed by atoms with E-state index in [1.54, 1.807) is 27.7 Å². The van der Waals surface area contributed by atoms with Crippen molar-refractivity contribution in [1.29, 1.82) is 0 Å². The maximum Gasteiger partial charge on any atom is 0.408 e. The van der Waals surface area contributed by atoms with Gasteiger partial charge >= 0.3 is 6.09 Å². The molecule has 1 atom stereocenters. The minimum atomic E-state index is -0.606. The summed E-state index contributed by atoms with van der Waals surface area (Å²) in [6, 6.07) is -0.164. The van der Waals surface area contributed by atoms with Crippen LogP contribution in [-0.2, 0) is 14.4 Å². The SMILES string of the molecule is CC1NOC=C1C(=O)CNC(=O)OC(C)(C)C. The van der Waals surface area contributed by atoms with E-state index in [9.17, 15) is 9.59 Å². The quantitative estimate of drug-likeness (QED) is 0.768. The van der Waals surface area contributed by atoms with Crippen LogP contribution in [-0.4, -0.2) is 30.1 Å². The summed E-state index contributed by atoms with van der Waals surface area (Å²) in [7, 11) is 0. The number of alkyl carbamates (subject to hydrolysis) is 1. The Labute approximate surface area is 100 Å². The summed E-state index contributed by atoms with van der Waals surface area (Å²) in [5.74, 6) is -0.201. The molecule has 0 fully saturated rings. The summed E-state index contributed by atoms with van der Waals surface area (Å²) in [5, 5.41) is 2.40. The highest BCUT2D eigenvalue weighted by molar-refractivity contribution is 5.99. The molecule has 1 unspecified atom stereocenters. The average Bonchev–Trinajstić information content (AvgIpc) is 2.58. The van der Waals surface area contributed by atoms with Crippen LogP contribution in [0.4, 0.5) is 4.79 Å². The van der Waals surface area contributed by atoms with Gasteiger partial charge in [0.05, 0.1) is 18.2 Å². The first kappa shape index (κ1) is 13.5. The van der Waals surface area contributed by atoms with E-state index in [1.165, 1.54) is 6.26 Å². The number of rotatable bonds is 3. The van der Waals surface area contributed by atoms with E-state index in [0.717, 1.165) is 0 Å². The molecule has 1 amide bonds. The number of hydrogen-bond donors (Lipinski definition) is 2. The first-order valence-corrected chi connectivity index (χ1v) is 5.41. The lowest BCUT2D eigenvalue weighted by Crippen LogP contribution is -2.37. The summed E-state index contributed by atoms with van der Waals surface area (Å²) >= 11 is 0. The van der Waals surface area contributed by atoms with Gasteiger partial charge in [-0.2, -0.15) is 5.48 Å². The molecule has 0 spiro atoms. The lowest BCUT2D eigenvalue weighted by Gasteiger charge is -2.19. The molecule has 0 radical (unpaired) electrons. The molecular weight excluding hydrogens is 224 g/mol. The Morgan fingerprint density at radius 2 is 2.18 bits per heavy atom. The Balaban J connectivity index is 2.36. The first-order valence-electron chi connectivity index (χ1n) is 5.41. The van der Waals surface area contributed by atoms with Crippen molar-refractivity contribution in [2.75, 3.05) is 6.54 Å². The molecule has 17 heavy (non-hydrogen) atoms. The molecule has 1 heterocycles. The number of Topliss-reactive ketones (excluding diaryl/α,β-unsaturated/α-hetero) is 1. The molecule has 96 valence electrons. The van der Waals surface area contributed by atoms with E-state index in [-0.39, 0.29) is 18.4 Å². The summed E-state index contributed by atoms with van der Waals surface area (Å²) in [6.45, 7) is 6.97. The molecule has 1 aliphatic rings. The summed E-state index contributed by atoms with van der Waals surface area (Å²) in [5.41, 5.74) is 2.55. The Kier molecular flexibility index (Phi) is 4.11. The molecule has 0 aromatic carbocycles. The predicted octanol–water partition coefficient (Wildman–Crippen LogP) is 0.887. The molecule has 0 bridgehead atoms. The van der Waals surface area contributed by atoms with Crippen molar-refractivity contribution in [1.82, 2.24) is 10.8 Å². The topological polar surface area (TPSA) is 76.7 Å². The van der Waals surface area contributed by atoms with E-state index >= 15 is 0 Å². The second-order valence-electron chi connectivity index (χ2n) is 4.81. The van der Waals surface area contributed by atoms with Crippen molar-refractivity contribution in [3.63, 3.8) is 0 Å². The molecule has 2 N–H and O–H groups in total. The van der Waals surface area contributed by atoms with Gasteiger partial charge in [0.1, 0.15) is 11.9 Å². The number of ether oxygens (including phenoxy) is 1. The van der Waals surface area contributed by atoms with Gasteiger partial charge in [0.15, 0.2) is 5.78 Å². The van der Waals surface area contributed by atoms with Crippen LogP contribution in [0.3, 0.4) is 0 Å². The molecule has 6 heteroatoms. The van der Waals surface area contributed by atoms with Crippen molar-refractivity contribution >= 4 is 11.9 Å². The highest BCUT2D eigenvalue weighted by atomic mass is 16.6. The van der Waals surface area contributed by atoms with E-state index in [0.29, 0.717) is 5.57 Å². The minimum absolute atomic E-state index is 0.101. The van der Waals surface area contributed by atoms with Gasteiger partial charge in [-0.3, -0.25) is 4.79 Å². The van der Waals surface area contributed by atoms with Crippen LogP contribution in [0.2, 0.25) is 0 Å². The number of hydroxylamine groups is 1. The lowest BCUT2D eigenvalue weighted by atomic mass is 10.1. The molecule has 6 nitrogen and oxygen atoms in total. The van der Waals surface area contributed by atoms with E-state index < -0.39 is 11.7 Å². The highest BCUT2D eigenvalue weighted by Crippen LogP contribution is 2.10. The third-order valence-electron chi connectivity index (χ3n) is 2.01. The van der Waals surface area contributed by atoms with Gasteiger partial charge in [-0.1, -0.05) is 0 Å². The van der Waals surface area contributed by atoms with Gasteiger partial charge in [0.2, 0.25) is 0 Å². The van der Waals surface area contributed by atoms with Crippen LogP contribution in [0.5, 0.6) is 0 Å². The van der Waals surface area contributed by atoms with Crippen LogP contribution < -0.4 is 10.8 Å². The van der Waals surface area contributed by atoms with Gasteiger partial charge in [0, 0.05) is 0 Å². The van der Waals surface area contributed by atoms with Crippen molar-refractivity contribution in [3.05, 3.63) is 11.8 Å². The number of ketones is 1. The number of carbonyl (C=O) groups is 2. The second-order valence-corrected chi connectivity index (χ2v) is 4.81. The fraction of sp³-hybridized carbons (Fsp3) is 0.636. The van der Waals surface area contributed by atoms with Crippen LogP contribution in [0.1, 0.15) is 27.7 Å². The largest absolute Gasteiger partial charge is 0.444 e. The van der Waals surface area contributed by atoms with Crippen molar-refractivity contribution < 1.29 is 19.2 Å². The molecule has 0 aromatic rings. The van der Waals surface area contributed by atoms with Crippen molar-refractivity contribution in [2.45, 2.75) is 39.3 Å². The Morgan fingerprint density at radius 1 is 1.53 bits per heavy atom. The fourth-order valence-corrected chi connectivity index (χ4v) is 1.24. The standard InChI is InChI=1S/C11H18N2O4/c1-7-8(6-16-13-7)9(14)5-12-10(15)17-11(2,3)4/h6-7,13H,5H2,1-4H3,(H,12,15). The zero-order chi connectivity index (χ0) is 13.1. The van der Waals surface area contributed by atoms with E-state index in [1.807, 2.05) is 0 Å². The van der Waals surface area contributed by atoms with Gasteiger partial charge in [-0.25, -0.2) is 4.79 Å². The smallest absolute Gasteiger partial charge is 0.408 e. The number of amides is 1. The fourth-order valence-electron chi connectivity index (χ4n) is 1.24. The predicted molar refractivity (Wildman–Crippen MR) is 61.0 cm³/mol. The summed E-state index contributed by atoms with van der Waals surface area (Å²) < 4.78 is 5.01. The monoisotopic (exact) mass is 242 g/mol. The minimum Gasteiger partial charge on any atom is -0.444 e. The molecule has 0 aromatic heterocycles. The number of carbonyl (C=O) groups excluding carboxylic acids is 2. The Bertz CT molecular complexity index is 344. The molecular formula is C11H18N2O4. The van der Waals surface area contributed by atoms with Crippen LogP contribution in [0, 0.1) is 0 Å². The van der Waals surface area contributed by atoms with Gasteiger partial charge in [-0.05, 0) is 27.7 Å². The van der Waals surface area contributed by atoms with Gasteiger partial charge in [-0.15, -0.1) is 0 Å². The maximum absolute atomic E-state index is 11.7. The molecule has 1 aliphatic heterocycles. The number of hydrogen-bond acceptors (Lipinski definition) is 5. The first-order chi connectivity index (χ1) is 7.79. The molecule has 0 saturated heterocycles. The summed E-state index contributed by atoms with van der Waals surface area (Å²) in [4.78, 5) is 27.8. The number of nitrogens with one attached hydrogen (secondary N) is 2. The zero-order valence-electron chi connectivity index (χ0n) is 10.5. The van der Waals surface area contributed by atoms with Gasteiger partial charge < -0.3 is 14.9 Å². The van der Waals surface area contributed by atoms with Gasteiger partial charge in [0.25, 0.3) is 0 Å². The third kappa shape index (κ3) is 4.44. The zero-order valence-corrected chi connectivity index (χ0v) is 10.5. The summed E-state index contributed by atoms with van der Waals surface area (Å²) in [6.07, 6.45) is 0.745. The normalized spacial score (nSPS) is 19.3. The Morgan fingerprint density at radius 3 is 2.65 bits per heavy atom. The maximum atomic E-state index is 11.7. The highest BCUT2D eigenvalue weighted by Gasteiger charge is 2.23. The van der Waals surface area contributed by atoms with E-state index in [2.05, 4.69) is 10.8 Å². The average molecular weight is 242 g/mol. The lowest BCUT2D eigenvalue weighted by molar-refractivity contribution is -0.115. The van der Waals surface area contributed by atoms with Crippen LogP contribution >= 0.6 is 0 Å². The van der Waals surface area contributed by atoms with Crippen molar-refractivity contribution in [3.8, 4) is 0 Å². The third-order valence-corrected chi connectivity index (χ3v) is 2.01. The molecule has 0 saturated carbocycles. The van der Waals surface area contributed by atoms with Crippen molar-refractivity contribution in [2.24, 2.45) is 0 Å². The van der Waals surface area contributed by atoms with Crippen LogP contribution in [0.15, 0.2) is 11.8 Å². The molecule has 1 rings (SSSR count). The second kappa shape index (κ2) is 5.18. The van der Waals surface area contributed by atoms with Crippen LogP contribution in [0.25, 0.3) is 0 Å². The van der Waals surface area contributed by atoms with E-state index in [4.69, 9.17) is 9.57 Å².